The fraction of sp³-hybridized carbons (Fsp3) is 0.438. The summed E-state index contributed by atoms with van der Waals surface area (Å²) in [5.41, 5.74) is 1.18. The molecule has 0 radical (unpaired) electrons. The van der Waals surface area contributed by atoms with Crippen LogP contribution < -0.4 is 0 Å². The Morgan fingerprint density at radius 2 is 2.00 bits per heavy atom. The minimum Gasteiger partial charge on any atom is -0.383 e. The maximum absolute atomic E-state index is 11.1. The molecule has 0 bridgehead atoms. The lowest BCUT2D eigenvalue weighted by atomic mass is 9.74. The Balaban J connectivity index is 2.05. The van der Waals surface area contributed by atoms with Gasteiger partial charge in [0.25, 0.3) is 0 Å². The topological polar surface area (TPSA) is 38.1 Å². The van der Waals surface area contributed by atoms with Crippen LogP contribution in [0.4, 0.5) is 0 Å². The standard InChI is InChI=1S/C16H20N2O/c1-13-7-5-6-11-16(13,19)15-10-12-17-18(15)14-8-3-2-4-9-14/h2-4,8-10,12-13,19H,5-7,11H2,1H3. The quantitative estimate of drug-likeness (QED) is 0.895. The first-order valence-electron chi connectivity index (χ1n) is 7.04. The highest BCUT2D eigenvalue weighted by Gasteiger charge is 2.40. The van der Waals surface area contributed by atoms with Gasteiger partial charge in [-0.3, -0.25) is 0 Å². The van der Waals surface area contributed by atoms with Gasteiger partial charge in [-0.1, -0.05) is 38.0 Å². The Hall–Kier alpha value is -1.61. The van der Waals surface area contributed by atoms with Gasteiger partial charge in [-0.2, -0.15) is 5.10 Å². The number of aromatic nitrogens is 2. The Bertz CT molecular complexity index is 549. The molecule has 2 unspecified atom stereocenters. The van der Waals surface area contributed by atoms with Crippen molar-refractivity contribution in [3.05, 3.63) is 48.3 Å². The van der Waals surface area contributed by atoms with Crippen LogP contribution in [-0.2, 0) is 5.60 Å². The van der Waals surface area contributed by atoms with Crippen molar-refractivity contribution in [2.75, 3.05) is 0 Å². The third-order valence-corrected chi connectivity index (χ3v) is 4.35. The maximum Gasteiger partial charge on any atom is 0.109 e. The molecule has 3 heteroatoms. The van der Waals surface area contributed by atoms with Crippen LogP contribution >= 0.6 is 0 Å². The normalized spacial score (nSPS) is 27.4. The molecule has 3 rings (SSSR count). The molecule has 1 N–H and O–H groups in total. The first-order valence-corrected chi connectivity index (χ1v) is 7.04. The molecule has 19 heavy (non-hydrogen) atoms. The first kappa shape index (κ1) is 12.4. The molecule has 0 spiro atoms. The molecule has 0 aliphatic heterocycles. The van der Waals surface area contributed by atoms with E-state index in [0.29, 0.717) is 0 Å². The highest BCUT2D eigenvalue weighted by atomic mass is 16.3. The molecule has 1 saturated carbocycles. The highest BCUT2D eigenvalue weighted by Crippen LogP contribution is 2.41. The lowest BCUT2D eigenvalue weighted by Crippen LogP contribution is -2.38. The van der Waals surface area contributed by atoms with E-state index in [-0.39, 0.29) is 5.92 Å². The Morgan fingerprint density at radius 1 is 1.21 bits per heavy atom. The molecule has 2 atom stereocenters. The zero-order valence-corrected chi connectivity index (χ0v) is 11.3. The maximum atomic E-state index is 11.1. The molecule has 1 aliphatic carbocycles. The van der Waals surface area contributed by atoms with Gasteiger partial charge in [0.15, 0.2) is 0 Å². The number of nitrogens with zero attached hydrogens (tertiary/aromatic N) is 2. The second kappa shape index (κ2) is 4.82. The predicted molar refractivity (Wildman–Crippen MR) is 75.1 cm³/mol. The summed E-state index contributed by atoms with van der Waals surface area (Å²) in [5.74, 6) is 0.278. The third-order valence-electron chi connectivity index (χ3n) is 4.35. The molecule has 1 heterocycles. The Kier molecular flexibility index (Phi) is 3.15. The average molecular weight is 256 g/mol. The van der Waals surface area contributed by atoms with Crippen LogP contribution in [0.1, 0.15) is 38.3 Å². The molecule has 100 valence electrons. The van der Waals surface area contributed by atoms with E-state index in [2.05, 4.69) is 12.0 Å². The van der Waals surface area contributed by atoms with Gasteiger partial charge >= 0.3 is 0 Å². The van der Waals surface area contributed by atoms with Crippen molar-refractivity contribution in [1.82, 2.24) is 9.78 Å². The first-order chi connectivity index (χ1) is 9.22. The number of hydrogen-bond acceptors (Lipinski definition) is 2. The van der Waals surface area contributed by atoms with Crippen molar-refractivity contribution in [3.63, 3.8) is 0 Å². The number of rotatable bonds is 2. The molecule has 0 amide bonds. The van der Waals surface area contributed by atoms with Gasteiger partial charge in [0.05, 0.1) is 11.4 Å². The van der Waals surface area contributed by atoms with E-state index in [0.717, 1.165) is 30.6 Å². The summed E-state index contributed by atoms with van der Waals surface area (Å²) in [5, 5.41) is 15.5. The van der Waals surface area contributed by atoms with E-state index >= 15 is 0 Å². The van der Waals surface area contributed by atoms with Gasteiger partial charge in [0.2, 0.25) is 0 Å². The van der Waals surface area contributed by atoms with Crippen LogP contribution in [-0.4, -0.2) is 14.9 Å². The minimum atomic E-state index is -0.745. The predicted octanol–water partition coefficient (Wildman–Crippen LogP) is 3.27. The zero-order chi connectivity index (χ0) is 13.3. The van der Waals surface area contributed by atoms with Crippen LogP contribution in [0.2, 0.25) is 0 Å². The van der Waals surface area contributed by atoms with Crippen molar-refractivity contribution in [2.45, 2.75) is 38.2 Å². The summed E-state index contributed by atoms with van der Waals surface area (Å²) in [6.07, 6.45) is 5.98. The summed E-state index contributed by atoms with van der Waals surface area (Å²) in [7, 11) is 0. The summed E-state index contributed by atoms with van der Waals surface area (Å²) < 4.78 is 1.88. The monoisotopic (exact) mass is 256 g/mol. The van der Waals surface area contributed by atoms with E-state index in [9.17, 15) is 5.11 Å². The van der Waals surface area contributed by atoms with Gasteiger partial charge in [-0.05, 0) is 37.0 Å². The number of para-hydroxylation sites is 1. The fourth-order valence-corrected chi connectivity index (χ4v) is 3.12. The third kappa shape index (κ3) is 2.08. The average Bonchev–Trinajstić information content (AvgIpc) is 2.93. The van der Waals surface area contributed by atoms with Gasteiger partial charge in [-0.15, -0.1) is 0 Å². The molecule has 1 aromatic heterocycles. The zero-order valence-electron chi connectivity index (χ0n) is 11.3. The van der Waals surface area contributed by atoms with E-state index in [1.54, 1.807) is 6.20 Å². The molecule has 2 aromatic rings. The molecule has 1 fully saturated rings. The van der Waals surface area contributed by atoms with Crippen molar-refractivity contribution >= 4 is 0 Å². The second-order valence-corrected chi connectivity index (χ2v) is 5.53. The van der Waals surface area contributed by atoms with E-state index < -0.39 is 5.60 Å². The lowest BCUT2D eigenvalue weighted by molar-refractivity contribution is -0.0524. The van der Waals surface area contributed by atoms with E-state index in [1.165, 1.54) is 6.42 Å². The van der Waals surface area contributed by atoms with Crippen LogP contribution in [0.25, 0.3) is 5.69 Å². The SMILES string of the molecule is CC1CCCCC1(O)c1ccnn1-c1ccccc1. The van der Waals surface area contributed by atoms with Gasteiger partial charge in [0, 0.05) is 6.20 Å². The molecular formula is C16H20N2O. The highest BCUT2D eigenvalue weighted by molar-refractivity contribution is 5.34. The second-order valence-electron chi connectivity index (χ2n) is 5.53. The Morgan fingerprint density at radius 3 is 2.74 bits per heavy atom. The lowest BCUT2D eigenvalue weighted by Gasteiger charge is -2.38. The van der Waals surface area contributed by atoms with Crippen molar-refractivity contribution in [1.29, 1.82) is 0 Å². The van der Waals surface area contributed by atoms with Gasteiger partial charge < -0.3 is 5.11 Å². The van der Waals surface area contributed by atoms with Crippen LogP contribution in [0.3, 0.4) is 0 Å². The Labute approximate surface area is 113 Å². The van der Waals surface area contributed by atoms with Crippen LogP contribution in [0, 0.1) is 5.92 Å². The number of benzene rings is 1. The van der Waals surface area contributed by atoms with Gasteiger partial charge in [-0.25, -0.2) is 4.68 Å². The van der Waals surface area contributed by atoms with Crippen LogP contribution in [0.5, 0.6) is 0 Å². The minimum absolute atomic E-state index is 0.278. The molecule has 0 saturated heterocycles. The van der Waals surface area contributed by atoms with Crippen molar-refractivity contribution in [2.24, 2.45) is 5.92 Å². The van der Waals surface area contributed by atoms with Crippen LogP contribution in [0.15, 0.2) is 42.6 Å². The summed E-state index contributed by atoms with van der Waals surface area (Å²) >= 11 is 0. The van der Waals surface area contributed by atoms with E-state index in [4.69, 9.17) is 0 Å². The number of aliphatic hydroxyl groups is 1. The van der Waals surface area contributed by atoms with E-state index in [1.807, 2.05) is 41.1 Å². The van der Waals surface area contributed by atoms with Crippen molar-refractivity contribution in [3.8, 4) is 5.69 Å². The summed E-state index contributed by atoms with van der Waals surface area (Å²) in [6.45, 7) is 2.14. The number of hydrogen-bond donors (Lipinski definition) is 1. The summed E-state index contributed by atoms with van der Waals surface area (Å²) in [6, 6.07) is 12.0. The molecule has 1 aliphatic rings. The fourth-order valence-electron chi connectivity index (χ4n) is 3.12. The smallest absolute Gasteiger partial charge is 0.109 e. The van der Waals surface area contributed by atoms with Crippen molar-refractivity contribution < 1.29 is 5.11 Å². The molecule has 1 aromatic carbocycles. The summed E-state index contributed by atoms with van der Waals surface area (Å²) in [4.78, 5) is 0. The molecule has 3 nitrogen and oxygen atoms in total. The largest absolute Gasteiger partial charge is 0.383 e. The molecular weight excluding hydrogens is 236 g/mol. The van der Waals surface area contributed by atoms with Gasteiger partial charge in [0.1, 0.15) is 5.60 Å².